The molecule has 0 amide bonds. The summed E-state index contributed by atoms with van der Waals surface area (Å²) in [5, 5.41) is 20.3. The van der Waals surface area contributed by atoms with Gasteiger partial charge in [-0.2, -0.15) is 5.26 Å². The molecule has 1 N–H and O–H groups in total. The van der Waals surface area contributed by atoms with Crippen LogP contribution in [0.15, 0.2) is 22.8 Å². The highest BCUT2D eigenvalue weighted by molar-refractivity contribution is 5.34. The molecule has 0 aromatic rings. The lowest BCUT2D eigenvalue weighted by Crippen LogP contribution is -2.51. The monoisotopic (exact) mass is 311 g/mol. The van der Waals surface area contributed by atoms with E-state index in [2.05, 4.69) is 26.0 Å². The van der Waals surface area contributed by atoms with Crippen LogP contribution in [0.3, 0.4) is 0 Å². The SMILES string of the molecule is CC1=CCC2=C(CCC3C2CC[C@@]2(C)C3CC[C@@]2(O)CC#N)C1. The van der Waals surface area contributed by atoms with Crippen LogP contribution in [0, 0.1) is 34.5 Å². The van der Waals surface area contributed by atoms with Gasteiger partial charge in [0.05, 0.1) is 18.1 Å². The number of fused-ring (bicyclic) bond motifs is 4. The van der Waals surface area contributed by atoms with E-state index in [1.165, 1.54) is 32.1 Å². The van der Waals surface area contributed by atoms with Crippen LogP contribution in [-0.2, 0) is 0 Å². The predicted molar refractivity (Wildman–Crippen MR) is 91.5 cm³/mol. The Hall–Kier alpha value is -1.07. The van der Waals surface area contributed by atoms with E-state index in [0.29, 0.717) is 12.3 Å². The summed E-state index contributed by atoms with van der Waals surface area (Å²) in [5.41, 5.74) is 4.26. The maximum absolute atomic E-state index is 11.2. The maximum Gasteiger partial charge on any atom is 0.0833 e. The Kier molecular flexibility index (Phi) is 3.50. The molecule has 5 atom stereocenters. The fourth-order valence-electron chi connectivity index (χ4n) is 6.61. The average molecular weight is 311 g/mol. The Morgan fingerprint density at radius 1 is 1.30 bits per heavy atom. The lowest BCUT2D eigenvalue weighted by Gasteiger charge is -2.53. The van der Waals surface area contributed by atoms with Crippen molar-refractivity contribution in [2.24, 2.45) is 23.2 Å². The van der Waals surface area contributed by atoms with E-state index in [-0.39, 0.29) is 5.41 Å². The van der Waals surface area contributed by atoms with E-state index < -0.39 is 5.60 Å². The predicted octanol–water partition coefficient (Wildman–Crippen LogP) is 4.90. The second-order valence-electron chi connectivity index (χ2n) is 8.84. The molecular weight excluding hydrogens is 282 g/mol. The van der Waals surface area contributed by atoms with Gasteiger partial charge in [-0.05, 0) is 76.0 Å². The fraction of sp³-hybridized carbons (Fsp3) is 0.762. The molecule has 2 saturated carbocycles. The zero-order valence-electron chi connectivity index (χ0n) is 14.6. The Balaban J connectivity index is 1.63. The minimum Gasteiger partial charge on any atom is -0.388 e. The molecule has 124 valence electrons. The van der Waals surface area contributed by atoms with Gasteiger partial charge in [-0.3, -0.25) is 0 Å². The lowest BCUT2D eigenvalue weighted by molar-refractivity contribution is -0.104. The number of nitriles is 1. The Bertz CT molecular complexity index is 624. The number of rotatable bonds is 1. The Labute approximate surface area is 140 Å². The summed E-state index contributed by atoms with van der Waals surface area (Å²) < 4.78 is 0. The number of hydrogen-bond acceptors (Lipinski definition) is 2. The molecule has 0 aromatic heterocycles. The van der Waals surface area contributed by atoms with Crippen molar-refractivity contribution in [2.75, 3.05) is 0 Å². The maximum atomic E-state index is 11.2. The highest BCUT2D eigenvalue weighted by Gasteiger charge is 2.61. The molecule has 0 spiro atoms. The van der Waals surface area contributed by atoms with Crippen molar-refractivity contribution in [1.82, 2.24) is 0 Å². The van der Waals surface area contributed by atoms with Crippen LogP contribution in [0.2, 0.25) is 0 Å². The van der Waals surface area contributed by atoms with E-state index in [1.54, 1.807) is 16.7 Å². The molecule has 2 nitrogen and oxygen atoms in total. The molecule has 23 heavy (non-hydrogen) atoms. The molecule has 4 aliphatic carbocycles. The van der Waals surface area contributed by atoms with E-state index in [9.17, 15) is 10.4 Å². The van der Waals surface area contributed by atoms with Crippen molar-refractivity contribution in [3.63, 3.8) is 0 Å². The molecule has 2 fully saturated rings. The third-order valence-corrected chi connectivity index (χ3v) is 7.97. The largest absolute Gasteiger partial charge is 0.388 e. The van der Waals surface area contributed by atoms with Crippen molar-refractivity contribution in [1.29, 1.82) is 5.26 Å². The summed E-state index contributed by atoms with van der Waals surface area (Å²) in [7, 11) is 0. The van der Waals surface area contributed by atoms with E-state index >= 15 is 0 Å². The molecule has 4 rings (SSSR count). The smallest absolute Gasteiger partial charge is 0.0833 e. The van der Waals surface area contributed by atoms with E-state index in [0.717, 1.165) is 31.1 Å². The number of hydrogen-bond donors (Lipinski definition) is 1. The zero-order valence-corrected chi connectivity index (χ0v) is 14.6. The first-order chi connectivity index (χ1) is 11.0. The molecule has 0 radical (unpaired) electrons. The van der Waals surface area contributed by atoms with Crippen LogP contribution in [0.25, 0.3) is 0 Å². The van der Waals surface area contributed by atoms with E-state index in [4.69, 9.17) is 0 Å². The van der Waals surface area contributed by atoms with Gasteiger partial charge in [0.15, 0.2) is 0 Å². The molecule has 0 aliphatic heterocycles. The van der Waals surface area contributed by atoms with Crippen LogP contribution in [0.1, 0.15) is 71.6 Å². The van der Waals surface area contributed by atoms with Gasteiger partial charge in [-0.1, -0.05) is 29.7 Å². The van der Waals surface area contributed by atoms with Crippen LogP contribution in [-0.4, -0.2) is 10.7 Å². The summed E-state index contributed by atoms with van der Waals surface area (Å²) in [6, 6.07) is 2.26. The average Bonchev–Trinajstić information content (AvgIpc) is 2.79. The van der Waals surface area contributed by atoms with Crippen LogP contribution in [0.5, 0.6) is 0 Å². The van der Waals surface area contributed by atoms with Gasteiger partial charge in [-0.25, -0.2) is 0 Å². The van der Waals surface area contributed by atoms with Crippen LogP contribution in [0.4, 0.5) is 0 Å². The van der Waals surface area contributed by atoms with Gasteiger partial charge < -0.3 is 5.11 Å². The summed E-state index contributed by atoms with van der Waals surface area (Å²) in [5.74, 6) is 2.11. The number of allylic oxidation sites excluding steroid dienone is 4. The molecule has 0 bridgehead atoms. The van der Waals surface area contributed by atoms with Gasteiger partial charge in [0.2, 0.25) is 0 Å². The Morgan fingerprint density at radius 3 is 2.91 bits per heavy atom. The summed E-state index contributed by atoms with van der Waals surface area (Å²) in [6.45, 7) is 4.56. The molecule has 0 heterocycles. The van der Waals surface area contributed by atoms with Gasteiger partial charge >= 0.3 is 0 Å². The first kappa shape index (κ1) is 15.5. The molecule has 0 aromatic carbocycles. The van der Waals surface area contributed by atoms with Gasteiger partial charge in [-0.15, -0.1) is 0 Å². The molecule has 4 aliphatic rings. The standard InChI is InChI=1S/C21H29NO/c1-14-3-5-16-15(13-14)4-6-18-17(16)7-9-20(2)19(18)8-10-21(20,23)11-12-22/h3,17-19,23H,4-11,13H2,1-2H3/t17?,18?,19?,20-,21+/m0/s1. The van der Waals surface area contributed by atoms with Gasteiger partial charge in [0.1, 0.15) is 0 Å². The lowest BCUT2D eigenvalue weighted by atomic mass is 9.52. The second kappa shape index (κ2) is 5.21. The highest BCUT2D eigenvalue weighted by Crippen LogP contribution is 2.64. The van der Waals surface area contributed by atoms with Crippen LogP contribution >= 0.6 is 0 Å². The van der Waals surface area contributed by atoms with E-state index in [1.807, 2.05) is 0 Å². The third-order valence-electron chi connectivity index (χ3n) is 7.97. The fourth-order valence-corrected chi connectivity index (χ4v) is 6.61. The number of aliphatic hydroxyl groups is 1. The third kappa shape index (κ3) is 2.09. The van der Waals surface area contributed by atoms with Gasteiger partial charge in [0.25, 0.3) is 0 Å². The highest BCUT2D eigenvalue weighted by atomic mass is 16.3. The summed E-state index contributed by atoms with van der Waals surface area (Å²) >= 11 is 0. The number of nitrogens with zero attached hydrogens (tertiary/aromatic N) is 1. The van der Waals surface area contributed by atoms with Crippen molar-refractivity contribution in [2.45, 2.75) is 77.2 Å². The summed E-state index contributed by atoms with van der Waals surface area (Å²) in [4.78, 5) is 0. The summed E-state index contributed by atoms with van der Waals surface area (Å²) in [6.07, 6.45) is 12.0. The zero-order chi connectivity index (χ0) is 16.2. The minimum absolute atomic E-state index is 0.0393. The molecule has 0 saturated heterocycles. The van der Waals surface area contributed by atoms with Crippen molar-refractivity contribution in [3.8, 4) is 6.07 Å². The Morgan fingerprint density at radius 2 is 2.13 bits per heavy atom. The van der Waals surface area contributed by atoms with Crippen LogP contribution < -0.4 is 0 Å². The quantitative estimate of drug-likeness (QED) is 0.700. The first-order valence-corrected chi connectivity index (χ1v) is 9.44. The van der Waals surface area contributed by atoms with Crippen molar-refractivity contribution < 1.29 is 5.11 Å². The first-order valence-electron chi connectivity index (χ1n) is 9.44. The molecule has 3 unspecified atom stereocenters. The molecule has 2 heteroatoms. The van der Waals surface area contributed by atoms with Gasteiger partial charge in [0, 0.05) is 5.41 Å². The minimum atomic E-state index is -0.741. The van der Waals surface area contributed by atoms with Crippen molar-refractivity contribution >= 4 is 0 Å². The second-order valence-corrected chi connectivity index (χ2v) is 8.84. The normalized spacial score (nSPS) is 45.7. The van der Waals surface area contributed by atoms with Crippen molar-refractivity contribution in [3.05, 3.63) is 22.8 Å². The molecular formula is C21H29NO. The topological polar surface area (TPSA) is 44.0 Å².